The summed E-state index contributed by atoms with van der Waals surface area (Å²) in [5.74, 6) is 5.59. The molecule has 0 saturated heterocycles. The Morgan fingerprint density at radius 1 is 1.50 bits per heavy atom. The van der Waals surface area contributed by atoms with Crippen molar-refractivity contribution >= 4 is 0 Å². The summed E-state index contributed by atoms with van der Waals surface area (Å²) >= 11 is 0. The zero-order valence-corrected chi connectivity index (χ0v) is 6.30. The van der Waals surface area contributed by atoms with E-state index in [1.807, 2.05) is 6.08 Å². The number of terminal acetylenes is 2. The summed E-state index contributed by atoms with van der Waals surface area (Å²) in [6.45, 7) is 2.11. The molecular weight excluding hydrogens is 120 g/mol. The van der Waals surface area contributed by atoms with Crippen LogP contribution in [0.15, 0.2) is 12.2 Å². The van der Waals surface area contributed by atoms with Gasteiger partial charge >= 0.3 is 0 Å². The van der Waals surface area contributed by atoms with Crippen LogP contribution >= 0.6 is 0 Å². The molecule has 0 bridgehead atoms. The van der Waals surface area contributed by atoms with Crippen LogP contribution in [-0.4, -0.2) is 0 Å². The highest BCUT2D eigenvalue weighted by atomic mass is 14.0. The lowest BCUT2D eigenvalue weighted by Crippen LogP contribution is -1.88. The highest BCUT2D eigenvalue weighted by Crippen LogP contribution is 2.05. The molecule has 0 nitrogen and oxygen atoms in total. The first-order valence-corrected chi connectivity index (χ1v) is 3.36. The zero-order valence-electron chi connectivity index (χ0n) is 6.30. The van der Waals surface area contributed by atoms with Crippen molar-refractivity contribution in [3.05, 3.63) is 12.2 Å². The topological polar surface area (TPSA) is 0 Å². The second-order valence-corrected chi connectivity index (χ2v) is 2.32. The Balaban J connectivity index is 3.43. The monoisotopic (exact) mass is 132 g/mol. The predicted octanol–water partition coefficient (Wildman–Crippen LogP) is 2.23. The smallest absolute Gasteiger partial charge is 0.0115 e. The number of hydrogen-bond acceptors (Lipinski definition) is 0. The van der Waals surface area contributed by atoms with Crippen LogP contribution in [0.25, 0.3) is 0 Å². The fourth-order valence-electron chi connectivity index (χ4n) is 0.653. The molecule has 0 aliphatic rings. The standard InChI is InChI=1S/C10H12/c1-4-6-7-9-10(3)8-5-2/h1-2,6-7,10H,8-9H2,3H3/b7-6+. The Kier molecular flexibility index (Phi) is 5.30. The van der Waals surface area contributed by atoms with Crippen molar-refractivity contribution in [2.24, 2.45) is 5.92 Å². The van der Waals surface area contributed by atoms with Crippen molar-refractivity contribution < 1.29 is 0 Å². The Bertz CT molecular complexity index is 173. The van der Waals surface area contributed by atoms with Gasteiger partial charge in [-0.3, -0.25) is 0 Å². The van der Waals surface area contributed by atoms with Gasteiger partial charge in [-0.2, -0.15) is 0 Å². The van der Waals surface area contributed by atoms with E-state index in [-0.39, 0.29) is 0 Å². The summed E-state index contributed by atoms with van der Waals surface area (Å²) in [5.41, 5.74) is 0. The molecule has 10 heavy (non-hydrogen) atoms. The molecule has 0 aliphatic heterocycles. The van der Waals surface area contributed by atoms with Crippen molar-refractivity contribution in [3.8, 4) is 24.7 Å². The Hall–Kier alpha value is -1.14. The molecule has 52 valence electrons. The third-order valence-electron chi connectivity index (χ3n) is 1.22. The van der Waals surface area contributed by atoms with Crippen molar-refractivity contribution in [2.45, 2.75) is 19.8 Å². The lowest BCUT2D eigenvalue weighted by Gasteiger charge is -2.00. The highest BCUT2D eigenvalue weighted by Gasteiger charge is 1.93. The molecule has 0 saturated carbocycles. The van der Waals surface area contributed by atoms with Crippen LogP contribution < -0.4 is 0 Å². The second-order valence-electron chi connectivity index (χ2n) is 2.32. The summed E-state index contributed by atoms with van der Waals surface area (Å²) in [4.78, 5) is 0. The molecule has 0 aliphatic carbocycles. The quantitative estimate of drug-likeness (QED) is 0.516. The van der Waals surface area contributed by atoms with E-state index in [0.29, 0.717) is 5.92 Å². The van der Waals surface area contributed by atoms with Gasteiger partial charge in [0.15, 0.2) is 0 Å². The van der Waals surface area contributed by atoms with E-state index in [1.165, 1.54) is 0 Å². The molecule has 0 aromatic carbocycles. The molecular formula is C10H12. The van der Waals surface area contributed by atoms with Crippen LogP contribution in [0.5, 0.6) is 0 Å². The normalized spacial score (nSPS) is 12.3. The Morgan fingerprint density at radius 3 is 2.70 bits per heavy atom. The largest absolute Gasteiger partial charge is 0.120 e. The minimum absolute atomic E-state index is 0.551. The second kappa shape index (κ2) is 5.99. The highest BCUT2D eigenvalue weighted by molar-refractivity contribution is 5.08. The van der Waals surface area contributed by atoms with Gasteiger partial charge in [0.25, 0.3) is 0 Å². The molecule has 0 rings (SSSR count). The van der Waals surface area contributed by atoms with Crippen LogP contribution in [0, 0.1) is 30.6 Å². The Morgan fingerprint density at radius 2 is 2.20 bits per heavy atom. The van der Waals surface area contributed by atoms with Crippen LogP contribution in [0.2, 0.25) is 0 Å². The van der Waals surface area contributed by atoms with Gasteiger partial charge < -0.3 is 0 Å². The average Bonchev–Trinajstić information content (AvgIpc) is 1.89. The van der Waals surface area contributed by atoms with E-state index in [2.05, 4.69) is 18.8 Å². The van der Waals surface area contributed by atoms with E-state index in [4.69, 9.17) is 12.8 Å². The molecule has 0 amide bonds. The Labute approximate surface area is 63.3 Å². The molecule has 0 spiro atoms. The molecule has 0 radical (unpaired) electrons. The minimum atomic E-state index is 0.551. The summed E-state index contributed by atoms with van der Waals surface area (Å²) in [5, 5.41) is 0. The van der Waals surface area contributed by atoms with Crippen LogP contribution in [-0.2, 0) is 0 Å². The van der Waals surface area contributed by atoms with Gasteiger partial charge in [-0.25, -0.2) is 0 Å². The van der Waals surface area contributed by atoms with Gasteiger partial charge in [-0.05, 0) is 18.4 Å². The van der Waals surface area contributed by atoms with E-state index in [0.717, 1.165) is 12.8 Å². The summed E-state index contributed by atoms with van der Waals surface area (Å²) in [6, 6.07) is 0. The number of allylic oxidation sites excluding steroid dienone is 2. The molecule has 0 aromatic rings. The molecule has 0 heterocycles. The van der Waals surface area contributed by atoms with Crippen molar-refractivity contribution in [3.63, 3.8) is 0 Å². The maximum absolute atomic E-state index is 5.12. The number of rotatable bonds is 3. The zero-order chi connectivity index (χ0) is 7.82. The lowest BCUT2D eigenvalue weighted by atomic mass is 10.0. The fraction of sp³-hybridized carbons (Fsp3) is 0.400. The molecule has 0 N–H and O–H groups in total. The van der Waals surface area contributed by atoms with Gasteiger partial charge in [0.05, 0.1) is 0 Å². The SMILES string of the molecule is C#C/C=C/CC(C)CC#C. The van der Waals surface area contributed by atoms with E-state index in [1.54, 1.807) is 6.08 Å². The fourth-order valence-corrected chi connectivity index (χ4v) is 0.653. The summed E-state index contributed by atoms with van der Waals surface area (Å²) in [7, 11) is 0. The van der Waals surface area contributed by atoms with Crippen LogP contribution in [0.3, 0.4) is 0 Å². The molecule has 1 atom stereocenters. The van der Waals surface area contributed by atoms with E-state index in [9.17, 15) is 0 Å². The third kappa shape index (κ3) is 5.01. The van der Waals surface area contributed by atoms with Crippen LogP contribution in [0.1, 0.15) is 19.8 Å². The van der Waals surface area contributed by atoms with Crippen molar-refractivity contribution in [1.29, 1.82) is 0 Å². The average molecular weight is 132 g/mol. The first-order chi connectivity index (χ1) is 4.81. The first-order valence-electron chi connectivity index (χ1n) is 3.36. The van der Waals surface area contributed by atoms with Gasteiger partial charge in [0.2, 0.25) is 0 Å². The summed E-state index contributed by atoms with van der Waals surface area (Å²) in [6.07, 6.45) is 15.6. The van der Waals surface area contributed by atoms with Crippen LogP contribution in [0.4, 0.5) is 0 Å². The first kappa shape index (κ1) is 8.86. The predicted molar refractivity (Wildman–Crippen MR) is 45.2 cm³/mol. The lowest BCUT2D eigenvalue weighted by molar-refractivity contribution is 0.613. The molecule has 1 unspecified atom stereocenters. The summed E-state index contributed by atoms with van der Waals surface area (Å²) < 4.78 is 0. The minimum Gasteiger partial charge on any atom is -0.120 e. The maximum Gasteiger partial charge on any atom is 0.0115 e. The number of hydrogen-bond donors (Lipinski definition) is 0. The maximum atomic E-state index is 5.12. The van der Waals surface area contributed by atoms with E-state index >= 15 is 0 Å². The van der Waals surface area contributed by atoms with E-state index < -0.39 is 0 Å². The third-order valence-corrected chi connectivity index (χ3v) is 1.22. The molecule has 0 heteroatoms. The van der Waals surface area contributed by atoms with Gasteiger partial charge in [0.1, 0.15) is 0 Å². The van der Waals surface area contributed by atoms with Gasteiger partial charge in [-0.1, -0.05) is 18.9 Å². The van der Waals surface area contributed by atoms with Gasteiger partial charge in [-0.15, -0.1) is 18.8 Å². The molecule has 0 fully saturated rings. The van der Waals surface area contributed by atoms with Crippen molar-refractivity contribution in [1.82, 2.24) is 0 Å². The van der Waals surface area contributed by atoms with Gasteiger partial charge in [0, 0.05) is 6.42 Å². The van der Waals surface area contributed by atoms with Crippen molar-refractivity contribution in [2.75, 3.05) is 0 Å². The molecule has 0 aromatic heterocycles.